The van der Waals surface area contributed by atoms with E-state index in [-0.39, 0.29) is 10.6 Å². The highest BCUT2D eigenvalue weighted by Gasteiger charge is 2.17. The summed E-state index contributed by atoms with van der Waals surface area (Å²) in [6.07, 6.45) is 2.51. The molecule has 0 aliphatic carbocycles. The first-order chi connectivity index (χ1) is 8.66. The Morgan fingerprint density at radius 3 is 3.06 bits per heavy atom. The van der Waals surface area contributed by atoms with E-state index in [0.717, 1.165) is 6.54 Å². The van der Waals surface area contributed by atoms with Crippen molar-refractivity contribution in [2.75, 3.05) is 12.3 Å². The maximum Gasteiger partial charge on any atom is 0.275 e. The summed E-state index contributed by atoms with van der Waals surface area (Å²) in [4.78, 5) is 10.5. The Balaban J connectivity index is 1.93. The van der Waals surface area contributed by atoms with E-state index in [1.165, 1.54) is 24.7 Å². The number of benzene rings is 1. The summed E-state index contributed by atoms with van der Waals surface area (Å²) in [6.45, 7) is 1.43. The first kappa shape index (κ1) is 13.6. The highest BCUT2D eigenvalue weighted by molar-refractivity contribution is 8.00. The first-order valence-corrected chi connectivity index (χ1v) is 7.34. The zero-order chi connectivity index (χ0) is 13.0. The molecule has 0 radical (unpaired) electrons. The van der Waals surface area contributed by atoms with E-state index in [0.29, 0.717) is 22.4 Å². The predicted octanol–water partition coefficient (Wildman–Crippen LogP) is 3.23. The molecular formula is C12H15ClN2O2S. The van der Waals surface area contributed by atoms with Gasteiger partial charge in [-0.2, -0.15) is 11.8 Å². The molecule has 6 heteroatoms. The van der Waals surface area contributed by atoms with Gasteiger partial charge in [0.05, 0.1) is 4.92 Å². The zero-order valence-corrected chi connectivity index (χ0v) is 11.5. The van der Waals surface area contributed by atoms with Crippen molar-refractivity contribution < 1.29 is 4.92 Å². The molecule has 1 aromatic carbocycles. The third kappa shape index (κ3) is 3.60. The van der Waals surface area contributed by atoms with Crippen LogP contribution in [-0.2, 0) is 6.54 Å². The third-order valence-corrected chi connectivity index (χ3v) is 4.59. The monoisotopic (exact) mass is 286 g/mol. The summed E-state index contributed by atoms with van der Waals surface area (Å²) in [7, 11) is 0. The number of thioether (sulfide) groups is 1. The Hall–Kier alpha value is -0.780. The topological polar surface area (TPSA) is 55.2 Å². The Bertz CT molecular complexity index is 436. The number of hydrogen-bond acceptors (Lipinski definition) is 4. The quantitative estimate of drug-likeness (QED) is 0.667. The SMILES string of the molecule is O=[N+]([O-])c1cc(Cl)ccc1CNCC1CCCS1. The lowest BCUT2D eigenvalue weighted by Crippen LogP contribution is -2.23. The average Bonchev–Trinajstić information content (AvgIpc) is 2.84. The largest absolute Gasteiger partial charge is 0.311 e. The van der Waals surface area contributed by atoms with Gasteiger partial charge in [0.1, 0.15) is 0 Å². The number of rotatable bonds is 5. The molecule has 1 fully saturated rings. The van der Waals surface area contributed by atoms with E-state index in [9.17, 15) is 10.1 Å². The second kappa shape index (κ2) is 6.41. The molecule has 98 valence electrons. The number of nitrogens with zero attached hydrogens (tertiary/aromatic N) is 1. The van der Waals surface area contributed by atoms with Crippen molar-refractivity contribution in [3.8, 4) is 0 Å². The van der Waals surface area contributed by atoms with Crippen LogP contribution in [0.4, 0.5) is 5.69 Å². The molecule has 0 amide bonds. The summed E-state index contributed by atoms with van der Waals surface area (Å²) >= 11 is 7.74. The van der Waals surface area contributed by atoms with E-state index in [1.54, 1.807) is 12.1 Å². The molecule has 1 N–H and O–H groups in total. The van der Waals surface area contributed by atoms with Gasteiger partial charge in [-0.25, -0.2) is 0 Å². The van der Waals surface area contributed by atoms with Gasteiger partial charge in [0.15, 0.2) is 0 Å². The van der Waals surface area contributed by atoms with Crippen molar-refractivity contribution in [1.29, 1.82) is 0 Å². The van der Waals surface area contributed by atoms with Crippen molar-refractivity contribution in [1.82, 2.24) is 5.32 Å². The highest BCUT2D eigenvalue weighted by atomic mass is 35.5. The molecule has 1 aromatic rings. The number of nitro groups is 1. The molecular weight excluding hydrogens is 272 g/mol. The molecule has 1 saturated heterocycles. The Kier molecular flexibility index (Phi) is 4.86. The van der Waals surface area contributed by atoms with Crippen LogP contribution < -0.4 is 5.32 Å². The summed E-state index contributed by atoms with van der Waals surface area (Å²) < 4.78 is 0. The van der Waals surface area contributed by atoms with Gasteiger partial charge >= 0.3 is 0 Å². The lowest BCUT2D eigenvalue weighted by molar-refractivity contribution is -0.385. The molecule has 0 saturated carbocycles. The Labute approximate surface area is 115 Å². The van der Waals surface area contributed by atoms with Gasteiger partial charge in [-0.1, -0.05) is 11.6 Å². The third-order valence-electron chi connectivity index (χ3n) is 2.96. The standard InChI is InChI=1S/C12H15ClN2O2S/c13-10-4-3-9(12(6-10)15(16)17)7-14-8-11-2-1-5-18-11/h3-4,6,11,14H,1-2,5,7-8H2. The van der Waals surface area contributed by atoms with Crippen LogP contribution in [0, 0.1) is 10.1 Å². The summed E-state index contributed by atoms with van der Waals surface area (Å²) in [5.74, 6) is 1.23. The van der Waals surface area contributed by atoms with Crippen molar-refractivity contribution in [2.24, 2.45) is 0 Å². The van der Waals surface area contributed by atoms with Crippen molar-refractivity contribution in [2.45, 2.75) is 24.6 Å². The number of hydrogen-bond donors (Lipinski definition) is 1. The van der Waals surface area contributed by atoms with Crippen LogP contribution in [0.25, 0.3) is 0 Å². The molecule has 2 rings (SSSR count). The number of nitrogens with one attached hydrogen (secondary N) is 1. The fraction of sp³-hybridized carbons (Fsp3) is 0.500. The molecule has 1 atom stereocenters. The molecule has 1 aliphatic rings. The van der Waals surface area contributed by atoms with Gasteiger partial charge in [0.25, 0.3) is 5.69 Å². The first-order valence-electron chi connectivity index (χ1n) is 5.92. The number of halogens is 1. The molecule has 4 nitrogen and oxygen atoms in total. The van der Waals surface area contributed by atoms with Gasteiger partial charge in [-0.05, 0) is 30.7 Å². The fourth-order valence-corrected chi connectivity index (χ4v) is 3.43. The minimum absolute atomic E-state index is 0.0917. The summed E-state index contributed by atoms with van der Waals surface area (Å²) in [5.41, 5.74) is 0.779. The molecule has 1 aliphatic heterocycles. The molecule has 0 spiro atoms. The van der Waals surface area contributed by atoms with Crippen LogP contribution in [0.5, 0.6) is 0 Å². The van der Waals surface area contributed by atoms with E-state index in [1.807, 2.05) is 11.8 Å². The predicted molar refractivity (Wildman–Crippen MR) is 75.3 cm³/mol. The van der Waals surface area contributed by atoms with E-state index < -0.39 is 0 Å². The van der Waals surface area contributed by atoms with Gasteiger partial charge in [0.2, 0.25) is 0 Å². The molecule has 1 unspecified atom stereocenters. The second-order valence-electron chi connectivity index (χ2n) is 4.30. The maximum atomic E-state index is 10.9. The fourth-order valence-electron chi connectivity index (χ4n) is 2.03. The smallest absolute Gasteiger partial charge is 0.275 e. The molecule has 0 bridgehead atoms. The van der Waals surface area contributed by atoms with Crippen molar-refractivity contribution >= 4 is 29.1 Å². The second-order valence-corrected chi connectivity index (χ2v) is 6.14. The van der Waals surface area contributed by atoms with Crippen molar-refractivity contribution in [3.63, 3.8) is 0 Å². The highest BCUT2D eigenvalue weighted by Crippen LogP contribution is 2.26. The zero-order valence-electron chi connectivity index (χ0n) is 9.89. The van der Waals surface area contributed by atoms with E-state index in [4.69, 9.17) is 11.6 Å². The van der Waals surface area contributed by atoms with E-state index >= 15 is 0 Å². The normalized spacial score (nSPS) is 19.1. The maximum absolute atomic E-state index is 10.9. The van der Waals surface area contributed by atoms with Crippen LogP contribution in [0.3, 0.4) is 0 Å². The van der Waals surface area contributed by atoms with Crippen LogP contribution in [0.2, 0.25) is 5.02 Å². The Morgan fingerprint density at radius 1 is 1.56 bits per heavy atom. The van der Waals surface area contributed by atoms with Crippen LogP contribution >= 0.6 is 23.4 Å². The lowest BCUT2D eigenvalue weighted by atomic mass is 10.1. The minimum atomic E-state index is -0.382. The van der Waals surface area contributed by atoms with Crippen LogP contribution in [-0.4, -0.2) is 22.5 Å². The molecule has 0 aromatic heterocycles. The Morgan fingerprint density at radius 2 is 2.39 bits per heavy atom. The van der Waals surface area contributed by atoms with E-state index in [2.05, 4.69) is 5.32 Å². The van der Waals surface area contributed by atoms with Crippen LogP contribution in [0.1, 0.15) is 18.4 Å². The lowest BCUT2D eigenvalue weighted by Gasteiger charge is -2.10. The van der Waals surface area contributed by atoms with Crippen LogP contribution in [0.15, 0.2) is 18.2 Å². The van der Waals surface area contributed by atoms with Gasteiger partial charge in [-0.3, -0.25) is 10.1 Å². The van der Waals surface area contributed by atoms with Crippen molar-refractivity contribution in [3.05, 3.63) is 38.9 Å². The minimum Gasteiger partial charge on any atom is -0.311 e. The average molecular weight is 287 g/mol. The molecule has 1 heterocycles. The summed E-state index contributed by atoms with van der Waals surface area (Å²) in [6, 6.07) is 4.81. The van der Waals surface area contributed by atoms with Gasteiger partial charge in [0, 0.05) is 35.0 Å². The van der Waals surface area contributed by atoms with Gasteiger partial charge in [-0.15, -0.1) is 0 Å². The summed E-state index contributed by atoms with van der Waals surface area (Å²) in [5, 5.41) is 15.2. The van der Waals surface area contributed by atoms with Gasteiger partial charge < -0.3 is 5.32 Å². The molecule has 18 heavy (non-hydrogen) atoms. The number of nitro benzene ring substituents is 1.